The van der Waals surface area contributed by atoms with E-state index in [1.54, 1.807) is 25.1 Å². The molecule has 0 saturated carbocycles. The minimum atomic E-state index is -1.05. The predicted molar refractivity (Wildman–Crippen MR) is 81.4 cm³/mol. The van der Waals surface area contributed by atoms with Crippen LogP contribution >= 0.6 is 15.9 Å². The summed E-state index contributed by atoms with van der Waals surface area (Å²) >= 11 is 3.36. The zero-order chi connectivity index (χ0) is 15.4. The van der Waals surface area contributed by atoms with Crippen molar-refractivity contribution in [3.8, 4) is 5.75 Å². The molecule has 1 aromatic carbocycles. The summed E-state index contributed by atoms with van der Waals surface area (Å²) in [7, 11) is 0. The maximum atomic E-state index is 12.3. The van der Waals surface area contributed by atoms with Gasteiger partial charge in [0.25, 0.3) is 0 Å². The van der Waals surface area contributed by atoms with Crippen molar-refractivity contribution in [2.24, 2.45) is 0 Å². The van der Waals surface area contributed by atoms with Gasteiger partial charge >= 0.3 is 5.97 Å². The van der Waals surface area contributed by atoms with Gasteiger partial charge in [0, 0.05) is 10.0 Å². The van der Waals surface area contributed by atoms with E-state index in [0.717, 1.165) is 10.0 Å². The van der Waals surface area contributed by atoms with E-state index in [0.29, 0.717) is 5.75 Å². The smallest absolute Gasteiger partial charge is 0.326 e. The number of halogens is 1. The normalized spacial score (nSPS) is 18.1. The van der Waals surface area contributed by atoms with Crippen molar-refractivity contribution in [3.63, 3.8) is 0 Å². The Kier molecular flexibility index (Phi) is 5.01. The van der Waals surface area contributed by atoms with Gasteiger partial charge in [-0.3, -0.25) is 4.79 Å². The van der Waals surface area contributed by atoms with Gasteiger partial charge in [0.15, 0.2) is 0 Å². The van der Waals surface area contributed by atoms with Crippen molar-refractivity contribution in [3.05, 3.63) is 40.4 Å². The average Bonchev–Trinajstić information content (AvgIpc) is 2.85. The number of amides is 1. The summed E-state index contributed by atoms with van der Waals surface area (Å²) in [5.41, 5.74) is 0.775. The number of nitrogens with one attached hydrogen (secondary N) is 1. The molecule has 112 valence electrons. The average molecular weight is 354 g/mol. The number of carbonyl (C=O) groups excluding carboxylic acids is 1. The number of carboxylic acid groups (broad SMARTS) is 1. The molecule has 1 heterocycles. The van der Waals surface area contributed by atoms with E-state index in [1.807, 2.05) is 12.1 Å². The highest BCUT2D eigenvalue weighted by Crippen LogP contribution is 2.35. The molecular formula is C15H16BrNO4. The summed E-state index contributed by atoms with van der Waals surface area (Å²) in [6.45, 7) is 2.03. The molecule has 2 unspecified atom stereocenters. The van der Waals surface area contributed by atoms with Crippen LogP contribution in [-0.4, -0.2) is 29.6 Å². The quantitative estimate of drug-likeness (QED) is 0.797. The van der Waals surface area contributed by atoms with Crippen molar-refractivity contribution >= 4 is 27.8 Å². The topological polar surface area (TPSA) is 75.6 Å². The molecule has 0 spiro atoms. The van der Waals surface area contributed by atoms with Crippen LogP contribution in [0.25, 0.3) is 0 Å². The molecule has 0 aromatic heterocycles. The second-order valence-electron chi connectivity index (χ2n) is 4.75. The van der Waals surface area contributed by atoms with Crippen molar-refractivity contribution in [1.29, 1.82) is 0 Å². The molecule has 2 rings (SSSR count). The second-order valence-corrected chi connectivity index (χ2v) is 5.67. The third kappa shape index (κ3) is 3.64. The Morgan fingerprint density at radius 3 is 3.00 bits per heavy atom. The number of aliphatic carboxylic acids is 1. The fourth-order valence-corrected chi connectivity index (χ4v) is 2.55. The minimum absolute atomic E-state index is 0.230. The van der Waals surface area contributed by atoms with Crippen LogP contribution in [0.4, 0.5) is 0 Å². The lowest BCUT2D eigenvalue weighted by Gasteiger charge is -2.15. The van der Waals surface area contributed by atoms with Crippen LogP contribution in [-0.2, 0) is 9.59 Å². The Bertz CT molecular complexity index is 585. The molecule has 0 bridgehead atoms. The second kappa shape index (κ2) is 6.76. The Hall–Kier alpha value is -1.82. The monoisotopic (exact) mass is 353 g/mol. The van der Waals surface area contributed by atoms with Gasteiger partial charge in [-0.25, -0.2) is 4.79 Å². The highest BCUT2D eigenvalue weighted by atomic mass is 79.9. The van der Waals surface area contributed by atoms with Gasteiger partial charge in [-0.05, 0) is 31.5 Å². The third-order valence-corrected chi connectivity index (χ3v) is 3.78. The lowest BCUT2D eigenvalue weighted by atomic mass is 10.00. The fourth-order valence-electron chi connectivity index (χ4n) is 2.17. The number of benzene rings is 1. The van der Waals surface area contributed by atoms with Crippen molar-refractivity contribution in [2.45, 2.75) is 25.3 Å². The molecule has 0 fully saturated rings. The molecule has 2 atom stereocenters. The number of ether oxygens (including phenoxy) is 1. The highest BCUT2D eigenvalue weighted by Gasteiger charge is 2.32. The summed E-state index contributed by atoms with van der Waals surface area (Å²) < 4.78 is 6.32. The van der Waals surface area contributed by atoms with Crippen molar-refractivity contribution < 1.29 is 19.4 Å². The highest BCUT2D eigenvalue weighted by molar-refractivity contribution is 9.10. The van der Waals surface area contributed by atoms with E-state index in [9.17, 15) is 9.59 Å². The van der Waals surface area contributed by atoms with E-state index in [1.165, 1.54) is 0 Å². The Labute approximate surface area is 131 Å². The largest absolute Gasteiger partial charge is 0.492 e. The summed E-state index contributed by atoms with van der Waals surface area (Å²) in [5.74, 6) is -1.19. The van der Waals surface area contributed by atoms with Crippen molar-refractivity contribution in [1.82, 2.24) is 5.32 Å². The zero-order valence-corrected chi connectivity index (χ0v) is 13.1. The number of rotatable bonds is 5. The Morgan fingerprint density at radius 1 is 1.57 bits per heavy atom. The van der Waals surface area contributed by atoms with Gasteiger partial charge < -0.3 is 15.2 Å². The molecule has 1 aromatic rings. The lowest BCUT2D eigenvalue weighted by molar-refractivity contribution is -0.142. The van der Waals surface area contributed by atoms with E-state index in [2.05, 4.69) is 21.2 Å². The van der Waals surface area contributed by atoms with Gasteiger partial charge in [-0.1, -0.05) is 28.1 Å². The van der Waals surface area contributed by atoms with Crippen molar-refractivity contribution in [2.75, 3.05) is 6.61 Å². The first-order chi connectivity index (χ1) is 10.0. The zero-order valence-electron chi connectivity index (χ0n) is 11.5. The number of hydrogen-bond donors (Lipinski definition) is 2. The van der Waals surface area contributed by atoms with Crippen LogP contribution < -0.4 is 10.1 Å². The van der Waals surface area contributed by atoms with E-state index in [4.69, 9.17) is 9.84 Å². The van der Waals surface area contributed by atoms with Crippen LogP contribution in [0.3, 0.4) is 0 Å². The van der Waals surface area contributed by atoms with Crippen LogP contribution in [0.2, 0.25) is 0 Å². The van der Waals surface area contributed by atoms with Gasteiger partial charge in [0.05, 0.1) is 0 Å². The standard InChI is InChI=1S/C15H16BrNO4/c1-2-3-4-12(15(19)20)17-14(18)11-8-21-13-6-5-9(16)7-10(11)13/h2-3,5-7,11-12H,4,8H2,1H3,(H,17,18)(H,19,20)/b3-2+. The Morgan fingerprint density at radius 2 is 2.33 bits per heavy atom. The fraction of sp³-hybridized carbons (Fsp3) is 0.333. The molecule has 0 saturated heterocycles. The first kappa shape index (κ1) is 15.6. The van der Waals surface area contributed by atoms with Gasteiger partial charge in [0.2, 0.25) is 5.91 Å². The first-order valence-corrected chi connectivity index (χ1v) is 7.38. The van der Waals surface area contributed by atoms with Gasteiger partial charge in [-0.2, -0.15) is 0 Å². The number of fused-ring (bicyclic) bond motifs is 1. The summed E-state index contributed by atoms with van der Waals surface area (Å²) in [4.78, 5) is 23.5. The van der Waals surface area contributed by atoms with Crippen LogP contribution in [0.15, 0.2) is 34.8 Å². The molecule has 0 radical (unpaired) electrons. The number of carbonyl (C=O) groups is 2. The van der Waals surface area contributed by atoms with E-state index < -0.39 is 17.9 Å². The van der Waals surface area contributed by atoms with Gasteiger partial charge in [0.1, 0.15) is 24.3 Å². The molecule has 0 aliphatic carbocycles. The van der Waals surface area contributed by atoms with E-state index >= 15 is 0 Å². The van der Waals surface area contributed by atoms with Gasteiger partial charge in [-0.15, -0.1) is 0 Å². The first-order valence-electron chi connectivity index (χ1n) is 6.59. The molecule has 1 amide bonds. The number of carboxylic acids is 1. The molecule has 6 heteroatoms. The molecular weight excluding hydrogens is 338 g/mol. The molecule has 2 N–H and O–H groups in total. The van der Waals surface area contributed by atoms with Crippen LogP contribution in [0, 0.1) is 0 Å². The number of allylic oxidation sites excluding steroid dienone is 1. The maximum Gasteiger partial charge on any atom is 0.326 e. The predicted octanol–water partition coefficient (Wildman–Crippen LogP) is 2.46. The third-order valence-electron chi connectivity index (χ3n) is 3.29. The lowest BCUT2D eigenvalue weighted by Crippen LogP contribution is -2.43. The SMILES string of the molecule is C/C=C/CC(NC(=O)C1COc2ccc(Br)cc21)C(=O)O. The van der Waals surface area contributed by atoms with E-state index in [-0.39, 0.29) is 18.9 Å². The molecule has 5 nitrogen and oxygen atoms in total. The molecule has 1 aliphatic rings. The van der Waals surface area contributed by atoms with Crippen LogP contribution in [0.5, 0.6) is 5.75 Å². The maximum absolute atomic E-state index is 12.3. The summed E-state index contributed by atoms with van der Waals surface area (Å²) in [5, 5.41) is 11.7. The van der Waals surface area contributed by atoms with Crippen LogP contribution in [0.1, 0.15) is 24.8 Å². The summed E-state index contributed by atoms with van der Waals surface area (Å²) in [6, 6.07) is 4.53. The summed E-state index contributed by atoms with van der Waals surface area (Å²) in [6.07, 6.45) is 3.73. The minimum Gasteiger partial charge on any atom is -0.492 e. The Balaban J connectivity index is 2.11. The number of hydrogen-bond acceptors (Lipinski definition) is 3. The molecule has 21 heavy (non-hydrogen) atoms. The molecule has 1 aliphatic heterocycles.